The van der Waals surface area contributed by atoms with Gasteiger partial charge < -0.3 is 14.8 Å². The average molecular weight is 316 g/mol. The minimum absolute atomic E-state index is 0.0883. The van der Waals surface area contributed by atoms with Gasteiger partial charge in [0.1, 0.15) is 10.6 Å². The standard InChI is InChI=1S/C12H16N2O6S/c1-13-7-9(5-10(13)12(17)18)21(19,20)14-4-2-3-8(6-14)11(15)16/h5,7-8H,2-4,6H2,1H3,(H,15,16)(H,17,18)/t8-/m0/s1. The lowest BCUT2D eigenvalue weighted by molar-refractivity contribution is -0.142. The SMILES string of the molecule is Cn1cc(S(=O)(=O)N2CCC[C@H](C(=O)O)C2)cc1C(=O)O. The third-order valence-electron chi connectivity index (χ3n) is 3.57. The highest BCUT2D eigenvalue weighted by Crippen LogP contribution is 2.25. The molecule has 2 rings (SSSR count). The number of hydrogen-bond acceptors (Lipinski definition) is 4. The van der Waals surface area contributed by atoms with Crippen molar-refractivity contribution in [2.45, 2.75) is 17.7 Å². The van der Waals surface area contributed by atoms with Crippen molar-refractivity contribution in [2.75, 3.05) is 13.1 Å². The van der Waals surface area contributed by atoms with Gasteiger partial charge in [0.05, 0.1) is 5.92 Å². The summed E-state index contributed by atoms with van der Waals surface area (Å²) in [6.07, 6.45) is 2.13. The van der Waals surface area contributed by atoms with Gasteiger partial charge in [-0.05, 0) is 18.9 Å². The van der Waals surface area contributed by atoms with Crippen molar-refractivity contribution >= 4 is 22.0 Å². The minimum Gasteiger partial charge on any atom is -0.481 e. The van der Waals surface area contributed by atoms with Crippen LogP contribution in [0, 0.1) is 5.92 Å². The minimum atomic E-state index is -3.88. The molecule has 0 saturated carbocycles. The Hall–Kier alpha value is -1.87. The summed E-state index contributed by atoms with van der Waals surface area (Å²) in [4.78, 5) is 21.8. The van der Waals surface area contributed by atoms with E-state index in [-0.39, 0.29) is 23.7 Å². The van der Waals surface area contributed by atoms with Crippen LogP contribution in [-0.4, -0.2) is 52.5 Å². The summed E-state index contributed by atoms with van der Waals surface area (Å²) in [5.41, 5.74) is -0.139. The second-order valence-corrected chi connectivity index (χ2v) is 6.96. The number of rotatable bonds is 4. The normalized spacial score (nSPS) is 20.3. The highest BCUT2D eigenvalue weighted by molar-refractivity contribution is 7.89. The van der Waals surface area contributed by atoms with Gasteiger partial charge in [0.15, 0.2) is 0 Å². The van der Waals surface area contributed by atoms with Crippen LogP contribution >= 0.6 is 0 Å². The van der Waals surface area contributed by atoms with E-state index in [1.54, 1.807) is 0 Å². The number of sulfonamides is 1. The largest absolute Gasteiger partial charge is 0.481 e. The Morgan fingerprint density at radius 2 is 2.00 bits per heavy atom. The predicted molar refractivity (Wildman–Crippen MR) is 71.5 cm³/mol. The van der Waals surface area contributed by atoms with E-state index >= 15 is 0 Å². The number of aliphatic carboxylic acids is 1. The first-order valence-electron chi connectivity index (χ1n) is 6.36. The van der Waals surface area contributed by atoms with Gasteiger partial charge in [-0.3, -0.25) is 4.79 Å². The molecule has 2 N–H and O–H groups in total. The zero-order valence-corrected chi connectivity index (χ0v) is 12.2. The smallest absolute Gasteiger partial charge is 0.352 e. The molecule has 0 bridgehead atoms. The zero-order valence-electron chi connectivity index (χ0n) is 11.4. The van der Waals surface area contributed by atoms with Gasteiger partial charge in [0, 0.05) is 26.3 Å². The van der Waals surface area contributed by atoms with Crippen LogP contribution < -0.4 is 0 Å². The van der Waals surface area contributed by atoms with Crippen LogP contribution in [0.15, 0.2) is 17.2 Å². The molecular formula is C12H16N2O6S. The predicted octanol–water partition coefficient (Wildman–Crippen LogP) is 0.209. The molecule has 2 heterocycles. The van der Waals surface area contributed by atoms with E-state index in [2.05, 4.69) is 0 Å². The summed E-state index contributed by atoms with van der Waals surface area (Å²) in [5, 5.41) is 18.0. The molecule has 0 amide bonds. The molecule has 0 aromatic carbocycles. The van der Waals surface area contributed by atoms with Crippen molar-refractivity contribution in [1.29, 1.82) is 0 Å². The van der Waals surface area contributed by atoms with Crippen molar-refractivity contribution in [3.05, 3.63) is 18.0 Å². The molecule has 1 aromatic heterocycles. The monoisotopic (exact) mass is 316 g/mol. The molecule has 8 nitrogen and oxygen atoms in total. The van der Waals surface area contributed by atoms with Gasteiger partial charge in [-0.1, -0.05) is 0 Å². The molecule has 1 aliphatic heterocycles. The number of piperidine rings is 1. The number of aryl methyl sites for hydroxylation is 1. The molecular weight excluding hydrogens is 300 g/mol. The van der Waals surface area contributed by atoms with E-state index in [1.165, 1.54) is 17.8 Å². The maximum absolute atomic E-state index is 12.5. The first-order chi connectivity index (χ1) is 9.73. The summed E-state index contributed by atoms with van der Waals surface area (Å²) in [6.45, 7) is 0.151. The number of nitrogens with zero attached hydrogens (tertiary/aromatic N) is 2. The fourth-order valence-corrected chi connectivity index (χ4v) is 3.99. The van der Waals surface area contributed by atoms with Crippen LogP contribution in [0.5, 0.6) is 0 Å². The van der Waals surface area contributed by atoms with E-state index in [4.69, 9.17) is 10.2 Å². The van der Waals surface area contributed by atoms with Crippen molar-refractivity contribution in [2.24, 2.45) is 13.0 Å². The molecule has 0 radical (unpaired) electrons. The number of aromatic carboxylic acids is 1. The number of carbonyl (C=O) groups is 2. The maximum atomic E-state index is 12.5. The van der Waals surface area contributed by atoms with E-state index in [0.29, 0.717) is 12.8 Å². The molecule has 1 saturated heterocycles. The van der Waals surface area contributed by atoms with Gasteiger partial charge in [-0.2, -0.15) is 4.31 Å². The van der Waals surface area contributed by atoms with Gasteiger partial charge >= 0.3 is 11.9 Å². The Kier molecular flexibility index (Phi) is 4.06. The lowest BCUT2D eigenvalue weighted by Crippen LogP contribution is -2.42. The van der Waals surface area contributed by atoms with E-state index in [9.17, 15) is 18.0 Å². The average Bonchev–Trinajstić information content (AvgIpc) is 2.82. The third-order valence-corrected chi connectivity index (χ3v) is 5.40. The van der Waals surface area contributed by atoms with E-state index in [1.807, 2.05) is 0 Å². The van der Waals surface area contributed by atoms with Crippen LogP contribution in [0.4, 0.5) is 0 Å². The second-order valence-electron chi connectivity index (χ2n) is 5.02. The quantitative estimate of drug-likeness (QED) is 0.820. The molecule has 0 aliphatic carbocycles. The summed E-state index contributed by atoms with van der Waals surface area (Å²) in [7, 11) is -2.43. The Balaban J connectivity index is 2.31. The highest BCUT2D eigenvalue weighted by atomic mass is 32.2. The van der Waals surface area contributed by atoms with Crippen molar-refractivity contribution in [1.82, 2.24) is 8.87 Å². The molecule has 21 heavy (non-hydrogen) atoms. The van der Waals surface area contributed by atoms with Crippen LogP contribution in [0.3, 0.4) is 0 Å². The van der Waals surface area contributed by atoms with Crippen LogP contribution in [0.1, 0.15) is 23.3 Å². The molecule has 1 aliphatic rings. The van der Waals surface area contributed by atoms with Crippen molar-refractivity contribution in [3.8, 4) is 0 Å². The second kappa shape index (κ2) is 5.49. The molecule has 116 valence electrons. The summed E-state index contributed by atoms with van der Waals surface area (Å²) in [5.74, 6) is -2.97. The number of hydrogen-bond donors (Lipinski definition) is 2. The summed E-state index contributed by atoms with van der Waals surface area (Å²) >= 11 is 0. The van der Waals surface area contributed by atoms with Crippen LogP contribution in [0.25, 0.3) is 0 Å². The fraction of sp³-hybridized carbons (Fsp3) is 0.500. The number of carboxylic acids is 2. The molecule has 0 spiro atoms. The lowest BCUT2D eigenvalue weighted by atomic mass is 10.0. The first kappa shape index (κ1) is 15.5. The topological polar surface area (TPSA) is 117 Å². The van der Waals surface area contributed by atoms with Gasteiger partial charge in [-0.25, -0.2) is 13.2 Å². The molecule has 1 aromatic rings. The molecule has 9 heteroatoms. The number of aromatic nitrogens is 1. The summed E-state index contributed by atoms with van der Waals surface area (Å²) in [6, 6.07) is 1.09. The zero-order chi connectivity index (χ0) is 15.8. The van der Waals surface area contributed by atoms with Crippen LogP contribution in [0.2, 0.25) is 0 Å². The van der Waals surface area contributed by atoms with Gasteiger partial charge in [0.25, 0.3) is 0 Å². The maximum Gasteiger partial charge on any atom is 0.352 e. The van der Waals surface area contributed by atoms with Crippen molar-refractivity contribution in [3.63, 3.8) is 0 Å². The van der Waals surface area contributed by atoms with Crippen LogP contribution in [-0.2, 0) is 21.9 Å². The van der Waals surface area contributed by atoms with Gasteiger partial charge in [-0.15, -0.1) is 0 Å². The fourth-order valence-electron chi connectivity index (χ4n) is 2.40. The molecule has 1 fully saturated rings. The van der Waals surface area contributed by atoms with E-state index < -0.39 is 27.9 Å². The Labute approximate surface area is 121 Å². The Morgan fingerprint density at radius 1 is 1.33 bits per heavy atom. The number of carboxylic acid groups (broad SMARTS) is 2. The third kappa shape index (κ3) is 2.93. The Bertz CT molecular complexity index is 678. The Morgan fingerprint density at radius 3 is 2.52 bits per heavy atom. The summed E-state index contributed by atoms with van der Waals surface area (Å²) < 4.78 is 27.3. The van der Waals surface area contributed by atoms with Crippen molar-refractivity contribution < 1.29 is 28.2 Å². The highest BCUT2D eigenvalue weighted by Gasteiger charge is 2.34. The molecule has 1 atom stereocenters. The first-order valence-corrected chi connectivity index (χ1v) is 7.80. The molecule has 0 unspecified atom stereocenters. The van der Waals surface area contributed by atoms with Gasteiger partial charge in [0.2, 0.25) is 10.0 Å². The van der Waals surface area contributed by atoms with E-state index in [0.717, 1.165) is 10.4 Å². The lowest BCUT2D eigenvalue weighted by Gasteiger charge is -2.29.